The van der Waals surface area contributed by atoms with Crippen LogP contribution in [0.15, 0.2) is 0 Å². The number of rotatable bonds is 3. The van der Waals surface area contributed by atoms with Crippen molar-refractivity contribution in [2.75, 3.05) is 32.4 Å². The van der Waals surface area contributed by atoms with Crippen LogP contribution in [0.1, 0.15) is 19.8 Å². The highest BCUT2D eigenvalue weighted by atomic mass is 32.2. The third-order valence-electron chi connectivity index (χ3n) is 3.62. The fourth-order valence-corrected chi connectivity index (χ4v) is 4.10. The van der Waals surface area contributed by atoms with E-state index in [0.29, 0.717) is 0 Å². The van der Waals surface area contributed by atoms with Gasteiger partial charge in [-0.2, -0.15) is 11.8 Å². The van der Waals surface area contributed by atoms with Crippen LogP contribution in [-0.4, -0.2) is 48.6 Å². The van der Waals surface area contributed by atoms with Crippen molar-refractivity contribution in [1.29, 1.82) is 0 Å². The van der Waals surface area contributed by atoms with Gasteiger partial charge in [0.1, 0.15) is 0 Å². The number of hydrogen-bond donors (Lipinski definition) is 1. The number of nitrogens with zero attached hydrogens (tertiary/aromatic N) is 1. The molecule has 14 heavy (non-hydrogen) atoms. The van der Waals surface area contributed by atoms with Crippen molar-refractivity contribution in [2.45, 2.75) is 31.1 Å². The quantitative estimate of drug-likeness (QED) is 0.765. The molecule has 0 aromatic heterocycles. The summed E-state index contributed by atoms with van der Waals surface area (Å²) in [7, 11) is 2.07. The number of thioether (sulfide) groups is 1. The molecule has 3 heteroatoms. The van der Waals surface area contributed by atoms with Crippen LogP contribution in [0.5, 0.6) is 0 Å². The molecule has 3 atom stereocenters. The van der Waals surface area contributed by atoms with Gasteiger partial charge in [0.15, 0.2) is 0 Å². The highest BCUT2D eigenvalue weighted by Crippen LogP contribution is 2.32. The summed E-state index contributed by atoms with van der Waals surface area (Å²) < 4.78 is 0. The van der Waals surface area contributed by atoms with Gasteiger partial charge in [-0.25, -0.2) is 0 Å². The second-order valence-corrected chi connectivity index (χ2v) is 6.12. The molecule has 2 rings (SSSR count). The lowest BCUT2D eigenvalue weighted by molar-refractivity contribution is 0.234. The fraction of sp³-hybridized carbons (Fsp3) is 1.00. The Kier molecular flexibility index (Phi) is 3.74. The summed E-state index contributed by atoms with van der Waals surface area (Å²) in [5.74, 6) is 2.27. The lowest BCUT2D eigenvalue weighted by atomic mass is 10.1. The largest absolute Gasteiger partial charge is 0.319 e. The molecular formula is C11H22N2S. The predicted octanol–water partition coefficient (Wildman–Crippen LogP) is 1.42. The third kappa shape index (κ3) is 2.26. The summed E-state index contributed by atoms with van der Waals surface area (Å²) in [5, 5.41) is 4.16. The molecule has 2 aliphatic heterocycles. The van der Waals surface area contributed by atoms with E-state index < -0.39 is 0 Å². The van der Waals surface area contributed by atoms with E-state index in [0.717, 1.165) is 17.2 Å². The molecule has 2 heterocycles. The van der Waals surface area contributed by atoms with Crippen LogP contribution in [0.4, 0.5) is 0 Å². The Hall–Kier alpha value is 0.270. The molecule has 0 amide bonds. The van der Waals surface area contributed by atoms with Gasteiger partial charge in [-0.15, -0.1) is 0 Å². The van der Waals surface area contributed by atoms with E-state index in [1.807, 2.05) is 0 Å². The second-order valence-electron chi connectivity index (χ2n) is 4.64. The normalized spacial score (nSPS) is 39.4. The van der Waals surface area contributed by atoms with Crippen molar-refractivity contribution in [3.63, 3.8) is 0 Å². The number of likely N-dealkylation sites (tertiary alicyclic amines) is 1. The lowest BCUT2D eigenvalue weighted by Gasteiger charge is -2.26. The molecule has 0 aromatic rings. The fourth-order valence-electron chi connectivity index (χ4n) is 2.82. The maximum absolute atomic E-state index is 3.30. The standard InChI is InChI=1S/C11H22N2S/c1-9-11(4-6-14-9)13-5-3-10(8-13)7-12-2/h9-12H,3-8H2,1-2H3. The predicted molar refractivity (Wildman–Crippen MR) is 63.9 cm³/mol. The van der Waals surface area contributed by atoms with E-state index >= 15 is 0 Å². The van der Waals surface area contributed by atoms with Crippen molar-refractivity contribution >= 4 is 11.8 Å². The molecule has 0 saturated carbocycles. The van der Waals surface area contributed by atoms with Gasteiger partial charge in [-0.3, -0.25) is 4.90 Å². The minimum Gasteiger partial charge on any atom is -0.319 e. The average Bonchev–Trinajstić information content (AvgIpc) is 2.74. The van der Waals surface area contributed by atoms with Gasteiger partial charge in [0.25, 0.3) is 0 Å². The Balaban J connectivity index is 1.82. The van der Waals surface area contributed by atoms with Crippen LogP contribution in [0.3, 0.4) is 0 Å². The van der Waals surface area contributed by atoms with Crippen LogP contribution in [0.25, 0.3) is 0 Å². The summed E-state index contributed by atoms with van der Waals surface area (Å²) in [6.07, 6.45) is 2.81. The van der Waals surface area contributed by atoms with Crippen LogP contribution in [0.2, 0.25) is 0 Å². The molecule has 0 aliphatic carbocycles. The van der Waals surface area contributed by atoms with Gasteiger partial charge in [0, 0.05) is 17.8 Å². The Bertz CT molecular complexity index is 186. The highest BCUT2D eigenvalue weighted by molar-refractivity contribution is 8.00. The molecule has 82 valence electrons. The van der Waals surface area contributed by atoms with Crippen LogP contribution >= 0.6 is 11.8 Å². The summed E-state index contributed by atoms with van der Waals surface area (Å²) >= 11 is 2.15. The molecule has 0 spiro atoms. The van der Waals surface area contributed by atoms with E-state index in [1.54, 1.807) is 0 Å². The molecule has 2 nitrogen and oxygen atoms in total. The van der Waals surface area contributed by atoms with Gasteiger partial charge in [-0.05, 0) is 44.6 Å². The Morgan fingerprint density at radius 2 is 2.29 bits per heavy atom. The molecule has 2 aliphatic rings. The second kappa shape index (κ2) is 4.86. The molecule has 0 aromatic carbocycles. The molecule has 2 saturated heterocycles. The van der Waals surface area contributed by atoms with E-state index in [1.165, 1.54) is 38.2 Å². The summed E-state index contributed by atoms with van der Waals surface area (Å²) in [6, 6.07) is 0.877. The topological polar surface area (TPSA) is 15.3 Å². The molecule has 1 N–H and O–H groups in total. The highest BCUT2D eigenvalue weighted by Gasteiger charge is 2.33. The van der Waals surface area contributed by atoms with E-state index in [4.69, 9.17) is 0 Å². The van der Waals surface area contributed by atoms with Gasteiger partial charge in [0.05, 0.1) is 0 Å². The zero-order valence-corrected chi connectivity index (χ0v) is 10.1. The first kappa shape index (κ1) is 10.8. The lowest BCUT2D eigenvalue weighted by Crippen LogP contribution is -2.37. The van der Waals surface area contributed by atoms with Crippen LogP contribution < -0.4 is 5.32 Å². The SMILES string of the molecule is CNCC1CCN(C2CCSC2C)C1. The van der Waals surface area contributed by atoms with Gasteiger partial charge in [-0.1, -0.05) is 6.92 Å². The van der Waals surface area contributed by atoms with Gasteiger partial charge < -0.3 is 5.32 Å². The maximum atomic E-state index is 3.30. The van der Waals surface area contributed by atoms with Gasteiger partial charge >= 0.3 is 0 Å². The summed E-state index contributed by atoms with van der Waals surface area (Å²) in [4.78, 5) is 2.73. The minimum absolute atomic E-state index is 0.864. The first-order valence-corrected chi connectivity index (χ1v) is 6.86. The Morgan fingerprint density at radius 3 is 2.93 bits per heavy atom. The first-order chi connectivity index (χ1) is 6.81. The smallest absolute Gasteiger partial charge is 0.0219 e. The zero-order chi connectivity index (χ0) is 9.97. The first-order valence-electron chi connectivity index (χ1n) is 5.81. The van der Waals surface area contributed by atoms with Crippen molar-refractivity contribution in [3.05, 3.63) is 0 Å². The third-order valence-corrected chi connectivity index (χ3v) is 4.93. The molecule has 3 unspecified atom stereocenters. The average molecular weight is 214 g/mol. The van der Waals surface area contributed by atoms with Crippen molar-refractivity contribution in [3.8, 4) is 0 Å². The van der Waals surface area contributed by atoms with Crippen LogP contribution in [-0.2, 0) is 0 Å². The Morgan fingerprint density at radius 1 is 1.43 bits per heavy atom. The molecule has 2 fully saturated rings. The van der Waals surface area contributed by atoms with E-state index in [2.05, 4.69) is 35.9 Å². The van der Waals surface area contributed by atoms with Crippen molar-refractivity contribution in [1.82, 2.24) is 10.2 Å². The molecular weight excluding hydrogens is 192 g/mol. The van der Waals surface area contributed by atoms with Crippen molar-refractivity contribution in [2.24, 2.45) is 5.92 Å². The van der Waals surface area contributed by atoms with Gasteiger partial charge in [0.2, 0.25) is 0 Å². The molecule has 0 radical (unpaired) electrons. The zero-order valence-electron chi connectivity index (χ0n) is 9.33. The van der Waals surface area contributed by atoms with Crippen LogP contribution in [0, 0.1) is 5.92 Å². The monoisotopic (exact) mass is 214 g/mol. The summed E-state index contributed by atoms with van der Waals surface area (Å²) in [6.45, 7) is 6.26. The number of nitrogens with one attached hydrogen (secondary N) is 1. The van der Waals surface area contributed by atoms with E-state index in [9.17, 15) is 0 Å². The Labute approximate surface area is 91.8 Å². The van der Waals surface area contributed by atoms with E-state index in [-0.39, 0.29) is 0 Å². The number of hydrogen-bond acceptors (Lipinski definition) is 3. The summed E-state index contributed by atoms with van der Waals surface area (Å²) in [5.41, 5.74) is 0. The van der Waals surface area contributed by atoms with Crippen molar-refractivity contribution < 1.29 is 0 Å². The maximum Gasteiger partial charge on any atom is 0.0219 e. The molecule has 0 bridgehead atoms. The minimum atomic E-state index is 0.864.